The Labute approximate surface area is 93.6 Å². The van der Waals surface area contributed by atoms with Crippen LogP contribution in [0.3, 0.4) is 0 Å². The van der Waals surface area contributed by atoms with E-state index in [-0.39, 0.29) is 12.6 Å². The standard InChI is InChI=1S/C12H26N2O/c1-10-5-3-4-6-12(10)14(2)9-11(13)7-8-15/h10-12,15H,3-9,13H2,1-2H3. The van der Waals surface area contributed by atoms with E-state index in [1.165, 1.54) is 25.7 Å². The molecule has 0 saturated heterocycles. The minimum Gasteiger partial charge on any atom is -0.396 e. The Balaban J connectivity index is 2.34. The van der Waals surface area contributed by atoms with Gasteiger partial charge in [-0.2, -0.15) is 0 Å². The molecular formula is C12H26N2O. The lowest BCUT2D eigenvalue weighted by Crippen LogP contribution is -2.45. The van der Waals surface area contributed by atoms with Crippen LogP contribution < -0.4 is 5.73 Å². The highest BCUT2D eigenvalue weighted by Crippen LogP contribution is 2.27. The quantitative estimate of drug-likeness (QED) is 0.723. The molecule has 3 heteroatoms. The maximum absolute atomic E-state index is 8.81. The lowest BCUT2D eigenvalue weighted by Gasteiger charge is -2.37. The molecule has 1 fully saturated rings. The van der Waals surface area contributed by atoms with Crippen LogP contribution in [0, 0.1) is 5.92 Å². The summed E-state index contributed by atoms with van der Waals surface area (Å²) in [6, 6.07) is 0.817. The zero-order chi connectivity index (χ0) is 11.3. The summed E-state index contributed by atoms with van der Waals surface area (Å²) in [6.07, 6.45) is 6.11. The zero-order valence-corrected chi connectivity index (χ0v) is 10.2. The van der Waals surface area contributed by atoms with Gasteiger partial charge in [-0.15, -0.1) is 0 Å². The van der Waals surface area contributed by atoms with Gasteiger partial charge in [0.2, 0.25) is 0 Å². The van der Waals surface area contributed by atoms with Crippen LogP contribution in [0.2, 0.25) is 0 Å². The molecule has 15 heavy (non-hydrogen) atoms. The molecule has 0 aromatic heterocycles. The predicted octanol–water partition coefficient (Wildman–Crippen LogP) is 1.21. The monoisotopic (exact) mass is 214 g/mol. The number of aliphatic hydroxyl groups is 1. The number of hydrogen-bond acceptors (Lipinski definition) is 3. The van der Waals surface area contributed by atoms with Crippen molar-refractivity contribution in [2.24, 2.45) is 11.7 Å². The first-order chi connectivity index (χ1) is 7.15. The van der Waals surface area contributed by atoms with Crippen molar-refractivity contribution in [3.63, 3.8) is 0 Å². The third-order valence-electron chi connectivity index (χ3n) is 3.65. The van der Waals surface area contributed by atoms with Gasteiger partial charge in [0.15, 0.2) is 0 Å². The summed E-state index contributed by atoms with van der Waals surface area (Å²) >= 11 is 0. The van der Waals surface area contributed by atoms with Crippen LogP contribution in [-0.4, -0.2) is 42.3 Å². The highest BCUT2D eigenvalue weighted by Gasteiger charge is 2.25. The second kappa shape index (κ2) is 6.46. The minimum atomic E-state index is 0.120. The Morgan fingerprint density at radius 1 is 1.40 bits per heavy atom. The van der Waals surface area contributed by atoms with E-state index in [4.69, 9.17) is 10.8 Å². The highest BCUT2D eigenvalue weighted by molar-refractivity contribution is 4.81. The van der Waals surface area contributed by atoms with Crippen molar-refractivity contribution in [2.75, 3.05) is 20.2 Å². The minimum absolute atomic E-state index is 0.120. The summed E-state index contributed by atoms with van der Waals surface area (Å²) in [7, 11) is 2.17. The summed E-state index contributed by atoms with van der Waals surface area (Å²) in [5.41, 5.74) is 5.94. The van der Waals surface area contributed by atoms with E-state index in [1.54, 1.807) is 0 Å². The van der Waals surface area contributed by atoms with Crippen LogP contribution in [0.15, 0.2) is 0 Å². The van der Waals surface area contributed by atoms with Gasteiger partial charge in [0.05, 0.1) is 0 Å². The first-order valence-corrected chi connectivity index (χ1v) is 6.21. The normalized spacial score (nSPS) is 29.4. The van der Waals surface area contributed by atoms with E-state index >= 15 is 0 Å². The van der Waals surface area contributed by atoms with Crippen molar-refractivity contribution in [2.45, 2.75) is 51.1 Å². The van der Waals surface area contributed by atoms with E-state index in [2.05, 4.69) is 18.9 Å². The lowest BCUT2D eigenvalue weighted by molar-refractivity contribution is 0.128. The number of hydrogen-bond donors (Lipinski definition) is 2. The second-order valence-electron chi connectivity index (χ2n) is 5.04. The Kier molecular flexibility index (Phi) is 5.58. The van der Waals surface area contributed by atoms with E-state index < -0.39 is 0 Å². The van der Waals surface area contributed by atoms with E-state index in [0.717, 1.165) is 12.5 Å². The molecule has 3 atom stereocenters. The first kappa shape index (κ1) is 12.9. The lowest BCUT2D eigenvalue weighted by atomic mass is 9.85. The highest BCUT2D eigenvalue weighted by atomic mass is 16.3. The predicted molar refractivity (Wildman–Crippen MR) is 63.7 cm³/mol. The maximum atomic E-state index is 8.81. The van der Waals surface area contributed by atoms with Gasteiger partial charge in [-0.3, -0.25) is 0 Å². The molecule has 0 aromatic carbocycles. The summed E-state index contributed by atoms with van der Waals surface area (Å²) in [4.78, 5) is 2.39. The summed E-state index contributed by atoms with van der Waals surface area (Å²) in [5, 5.41) is 8.81. The van der Waals surface area contributed by atoms with Crippen molar-refractivity contribution < 1.29 is 5.11 Å². The molecule has 3 N–H and O–H groups in total. The largest absolute Gasteiger partial charge is 0.396 e. The first-order valence-electron chi connectivity index (χ1n) is 6.21. The Hall–Kier alpha value is -0.120. The molecule has 0 heterocycles. The van der Waals surface area contributed by atoms with Gasteiger partial charge in [0.1, 0.15) is 0 Å². The van der Waals surface area contributed by atoms with E-state index in [9.17, 15) is 0 Å². The van der Waals surface area contributed by atoms with Crippen molar-refractivity contribution >= 4 is 0 Å². The molecular weight excluding hydrogens is 188 g/mol. The summed E-state index contributed by atoms with van der Waals surface area (Å²) in [6.45, 7) is 3.46. The molecule has 0 spiro atoms. The molecule has 0 aliphatic heterocycles. The van der Waals surface area contributed by atoms with E-state index in [1.807, 2.05) is 0 Å². The molecule has 90 valence electrons. The van der Waals surface area contributed by atoms with E-state index in [0.29, 0.717) is 12.5 Å². The Morgan fingerprint density at radius 2 is 2.07 bits per heavy atom. The number of likely N-dealkylation sites (N-methyl/N-ethyl adjacent to an activating group) is 1. The van der Waals surface area contributed by atoms with Crippen molar-refractivity contribution in [3.05, 3.63) is 0 Å². The number of aliphatic hydroxyl groups excluding tert-OH is 1. The molecule has 0 bridgehead atoms. The smallest absolute Gasteiger partial charge is 0.0446 e. The van der Waals surface area contributed by atoms with Crippen LogP contribution in [0.1, 0.15) is 39.0 Å². The molecule has 3 nitrogen and oxygen atoms in total. The molecule has 1 saturated carbocycles. The van der Waals surface area contributed by atoms with Crippen LogP contribution in [-0.2, 0) is 0 Å². The average molecular weight is 214 g/mol. The zero-order valence-electron chi connectivity index (χ0n) is 10.2. The molecule has 1 rings (SSSR count). The van der Waals surface area contributed by atoms with Crippen LogP contribution >= 0.6 is 0 Å². The van der Waals surface area contributed by atoms with Crippen LogP contribution in [0.4, 0.5) is 0 Å². The summed E-state index contributed by atoms with van der Waals surface area (Å²) in [5.74, 6) is 0.796. The Bertz CT molecular complexity index is 175. The fourth-order valence-electron chi connectivity index (χ4n) is 2.71. The van der Waals surface area contributed by atoms with Crippen LogP contribution in [0.25, 0.3) is 0 Å². The number of nitrogens with zero attached hydrogens (tertiary/aromatic N) is 1. The van der Waals surface area contributed by atoms with Crippen molar-refractivity contribution in [1.82, 2.24) is 4.90 Å². The third kappa shape index (κ3) is 4.09. The Morgan fingerprint density at radius 3 is 2.67 bits per heavy atom. The molecule has 3 unspecified atom stereocenters. The van der Waals surface area contributed by atoms with Gasteiger partial charge < -0.3 is 15.7 Å². The van der Waals surface area contributed by atoms with Crippen molar-refractivity contribution in [1.29, 1.82) is 0 Å². The fraction of sp³-hybridized carbons (Fsp3) is 1.00. The van der Waals surface area contributed by atoms with Gasteiger partial charge >= 0.3 is 0 Å². The summed E-state index contributed by atoms with van der Waals surface area (Å²) < 4.78 is 0. The third-order valence-corrected chi connectivity index (χ3v) is 3.65. The van der Waals surface area contributed by atoms with Gasteiger partial charge in [-0.05, 0) is 32.2 Å². The molecule has 0 radical (unpaired) electrons. The molecule has 1 aliphatic carbocycles. The number of nitrogens with two attached hydrogens (primary N) is 1. The fourth-order valence-corrected chi connectivity index (χ4v) is 2.71. The van der Waals surface area contributed by atoms with Gasteiger partial charge in [-0.25, -0.2) is 0 Å². The molecule has 1 aliphatic rings. The number of rotatable bonds is 5. The van der Waals surface area contributed by atoms with Gasteiger partial charge in [0, 0.05) is 25.2 Å². The maximum Gasteiger partial charge on any atom is 0.0446 e. The van der Waals surface area contributed by atoms with Gasteiger partial charge in [0.25, 0.3) is 0 Å². The van der Waals surface area contributed by atoms with Gasteiger partial charge in [-0.1, -0.05) is 19.8 Å². The topological polar surface area (TPSA) is 49.5 Å². The molecule has 0 aromatic rings. The van der Waals surface area contributed by atoms with Crippen LogP contribution in [0.5, 0.6) is 0 Å². The average Bonchev–Trinajstić information content (AvgIpc) is 2.18. The molecule has 0 amide bonds. The second-order valence-corrected chi connectivity index (χ2v) is 5.04. The SMILES string of the molecule is CC1CCCCC1N(C)CC(N)CCO. The van der Waals surface area contributed by atoms with Crippen molar-refractivity contribution in [3.8, 4) is 0 Å².